The number of hydrogen-bond acceptors (Lipinski definition) is 5. The van der Waals surface area contributed by atoms with Gasteiger partial charge in [0.05, 0.1) is 35.9 Å². The lowest BCUT2D eigenvalue weighted by Gasteiger charge is -2.28. The van der Waals surface area contributed by atoms with Crippen molar-refractivity contribution >= 4 is 17.7 Å². The molecule has 1 fully saturated rings. The van der Waals surface area contributed by atoms with E-state index in [1.54, 1.807) is 0 Å². The van der Waals surface area contributed by atoms with Crippen LogP contribution in [-0.2, 0) is 13.1 Å². The third-order valence-electron chi connectivity index (χ3n) is 6.59. The van der Waals surface area contributed by atoms with E-state index in [2.05, 4.69) is 19.7 Å². The van der Waals surface area contributed by atoms with Gasteiger partial charge in [-0.15, -0.1) is 10.2 Å². The Hall–Kier alpha value is -3.00. The number of nitrogens with zero attached hydrogens (tertiary/aromatic N) is 6. The Morgan fingerprint density at radius 3 is 2.59 bits per heavy atom. The molecule has 1 aromatic carbocycles. The minimum absolute atomic E-state index is 0.196. The van der Waals surface area contributed by atoms with E-state index in [1.165, 1.54) is 4.90 Å². The Kier molecular flexibility index (Phi) is 5.33. The van der Waals surface area contributed by atoms with Crippen molar-refractivity contribution in [3.8, 4) is 5.69 Å². The van der Waals surface area contributed by atoms with Crippen LogP contribution in [0.4, 0.5) is 4.79 Å². The maximum absolute atomic E-state index is 11.8. The highest BCUT2D eigenvalue weighted by molar-refractivity contribution is 6.30. The zero-order valence-electron chi connectivity index (χ0n) is 18.1. The molecule has 3 heterocycles. The molecule has 0 bridgehead atoms. The van der Waals surface area contributed by atoms with Gasteiger partial charge in [-0.2, -0.15) is 0 Å². The Morgan fingerprint density at radius 2 is 1.84 bits per heavy atom. The van der Waals surface area contributed by atoms with E-state index in [1.807, 2.05) is 38.2 Å². The monoisotopic (exact) mass is 452 g/mol. The third kappa shape index (κ3) is 3.72. The van der Waals surface area contributed by atoms with Gasteiger partial charge in [0.1, 0.15) is 5.82 Å². The lowest BCUT2D eigenvalue weighted by molar-refractivity contribution is 0.139. The minimum Gasteiger partial charge on any atom is -0.465 e. The molecule has 1 N–H and O–H groups in total. The van der Waals surface area contributed by atoms with Gasteiger partial charge in [0.25, 0.3) is 0 Å². The molecule has 0 spiro atoms. The highest BCUT2D eigenvalue weighted by atomic mass is 35.5. The highest BCUT2D eigenvalue weighted by Gasteiger charge is 2.32. The van der Waals surface area contributed by atoms with Gasteiger partial charge in [-0.05, 0) is 63.3 Å². The normalized spacial score (nSPS) is 20.4. The van der Waals surface area contributed by atoms with Crippen LogP contribution in [0.25, 0.3) is 5.69 Å². The zero-order valence-corrected chi connectivity index (χ0v) is 18.9. The number of amides is 1. The molecule has 5 rings (SSSR count). The van der Waals surface area contributed by atoms with Crippen LogP contribution >= 0.6 is 11.6 Å². The summed E-state index contributed by atoms with van der Waals surface area (Å²) in [5.74, 6) is 2.21. The second-order valence-corrected chi connectivity index (χ2v) is 9.19. The van der Waals surface area contributed by atoms with Gasteiger partial charge in [-0.25, -0.2) is 4.79 Å². The summed E-state index contributed by atoms with van der Waals surface area (Å²) in [6.45, 7) is 4.48. The third-order valence-corrected chi connectivity index (χ3v) is 6.83. The quantitative estimate of drug-likeness (QED) is 0.601. The average Bonchev–Trinajstić information content (AvgIpc) is 3.11. The van der Waals surface area contributed by atoms with Gasteiger partial charge in [-0.3, -0.25) is 19.4 Å². The van der Waals surface area contributed by atoms with Crippen molar-refractivity contribution in [3.63, 3.8) is 0 Å². The van der Waals surface area contributed by atoms with Crippen molar-refractivity contribution in [3.05, 3.63) is 63.7 Å². The van der Waals surface area contributed by atoms with E-state index in [4.69, 9.17) is 16.6 Å². The summed E-state index contributed by atoms with van der Waals surface area (Å²) in [7, 11) is 0. The number of aryl methyl sites for hydroxylation is 2. The first-order valence-electron chi connectivity index (χ1n) is 10.9. The number of carboxylic acid groups (broad SMARTS) is 1. The van der Waals surface area contributed by atoms with E-state index in [0.29, 0.717) is 16.8 Å². The number of aromatic nitrogens is 5. The summed E-state index contributed by atoms with van der Waals surface area (Å²) in [5, 5.41) is 19.2. The predicted octanol–water partition coefficient (Wildman–Crippen LogP) is 4.76. The van der Waals surface area contributed by atoms with Gasteiger partial charge < -0.3 is 5.11 Å². The number of carbonyl (C=O) groups is 1. The Bertz CT molecular complexity index is 1190. The smallest absolute Gasteiger partial charge is 0.408 e. The van der Waals surface area contributed by atoms with Crippen LogP contribution < -0.4 is 0 Å². The predicted molar refractivity (Wildman–Crippen MR) is 119 cm³/mol. The van der Waals surface area contributed by atoms with Gasteiger partial charge in [-0.1, -0.05) is 11.6 Å². The first-order valence-corrected chi connectivity index (χ1v) is 11.3. The van der Waals surface area contributed by atoms with Crippen molar-refractivity contribution in [2.24, 2.45) is 0 Å². The second kappa shape index (κ2) is 8.16. The maximum atomic E-state index is 11.8. The molecule has 2 aromatic heterocycles. The molecule has 0 saturated heterocycles. The topological polar surface area (TPSA) is 97.0 Å². The number of benzene rings is 1. The molecular formula is C23H25ClN6O2. The van der Waals surface area contributed by atoms with Gasteiger partial charge in [0.2, 0.25) is 0 Å². The zero-order chi connectivity index (χ0) is 22.4. The minimum atomic E-state index is -0.982. The molecular weight excluding hydrogens is 428 g/mol. The summed E-state index contributed by atoms with van der Waals surface area (Å²) in [4.78, 5) is 22.4. The van der Waals surface area contributed by atoms with Crippen molar-refractivity contribution < 1.29 is 9.90 Å². The molecule has 32 heavy (non-hydrogen) atoms. The van der Waals surface area contributed by atoms with E-state index in [9.17, 15) is 9.90 Å². The highest BCUT2D eigenvalue weighted by Crippen LogP contribution is 2.41. The lowest BCUT2D eigenvalue weighted by Crippen LogP contribution is -2.27. The fraction of sp³-hybridized carbons (Fsp3) is 0.435. The largest absolute Gasteiger partial charge is 0.465 e. The van der Waals surface area contributed by atoms with E-state index in [-0.39, 0.29) is 19.0 Å². The molecule has 1 aliphatic heterocycles. The Morgan fingerprint density at radius 1 is 1.09 bits per heavy atom. The van der Waals surface area contributed by atoms with Crippen LogP contribution in [-0.4, -0.2) is 40.8 Å². The van der Waals surface area contributed by atoms with Crippen molar-refractivity contribution in [1.82, 2.24) is 29.6 Å². The van der Waals surface area contributed by atoms with E-state index >= 15 is 0 Å². The fourth-order valence-corrected chi connectivity index (χ4v) is 5.19. The van der Waals surface area contributed by atoms with Crippen molar-refractivity contribution in [1.29, 1.82) is 0 Å². The molecule has 3 aromatic rings. The summed E-state index contributed by atoms with van der Waals surface area (Å²) in [6, 6.07) is 5.61. The standard InChI is InChI=1S/C23H25ClN6O2/c1-13-10-25-14(2)21(26-13)15-3-5-16(6-4-15)22-28-27-20-12-29(23(31)32)11-17-9-18(24)7-8-19(17)30(20)22/h7-10,15-16H,3-6,11-12H2,1-2H3,(H,31,32)/t15-,16-. The molecule has 166 valence electrons. The number of hydrogen-bond donors (Lipinski definition) is 1. The number of halogens is 1. The SMILES string of the molecule is Cc1cnc(C)c([C@H]2CC[C@H](c3nnc4n3-c3ccc(Cl)cc3CN(C(=O)O)C4)CC2)n1. The van der Waals surface area contributed by atoms with Crippen LogP contribution in [0.15, 0.2) is 24.4 Å². The maximum Gasteiger partial charge on any atom is 0.408 e. The van der Waals surface area contributed by atoms with Gasteiger partial charge >= 0.3 is 6.09 Å². The lowest BCUT2D eigenvalue weighted by atomic mass is 9.79. The van der Waals surface area contributed by atoms with Gasteiger partial charge in [0, 0.05) is 23.1 Å². The van der Waals surface area contributed by atoms with Crippen LogP contribution in [0.3, 0.4) is 0 Å². The first kappa shape index (κ1) is 20.9. The van der Waals surface area contributed by atoms with Crippen LogP contribution in [0.5, 0.6) is 0 Å². The Labute approximate surface area is 191 Å². The molecule has 2 aliphatic rings. The van der Waals surface area contributed by atoms with Crippen molar-refractivity contribution in [2.45, 2.75) is 64.5 Å². The van der Waals surface area contributed by atoms with Gasteiger partial charge in [0.15, 0.2) is 5.82 Å². The second-order valence-electron chi connectivity index (χ2n) is 8.75. The van der Waals surface area contributed by atoms with Crippen LogP contribution in [0.1, 0.15) is 71.8 Å². The van der Waals surface area contributed by atoms with Crippen LogP contribution in [0.2, 0.25) is 5.02 Å². The summed E-state index contributed by atoms with van der Waals surface area (Å²) in [5.41, 5.74) is 4.85. The molecule has 9 heteroatoms. The summed E-state index contributed by atoms with van der Waals surface area (Å²) >= 11 is 6.23. The average molecular weight is 453 g/mol. The Balaban J connectivity index is 1.46. The molecule has 0 radical (unpaired) electrons. The number of fused-ring (bicyclic) bond motifs is 3. The number of rotatable bonds is 2. The molecule has 1 saturated carbocycles. The van der Waals surface area contributed by atoms with Crippen molar-refractivity contribution in [2.75, 3.05) is 0 Å². The molecule has 8 nitrogen and oxygen atoms in total. The molecule has 0 unspecified atom stereocenters. The molecule has 1 amide bonds. The van der Waals surface area contributed by atoms with Crippen LogP contribution in [0, 0.1) is 13.8 Å². The van der Waals surface area contributed by atoms with E-state index < -0.39 is 6.09 Å². The summed E-state index contributed by atoms with van der Waals surface area (Å²) in [6.07, 6.45) is 4.82. The first-order chi connectivity index (χ1) is 15.4. The summed E-state index contributed by atoms with van der Waals surface area (Å²) < 4.78 is 2.05. The van der Waals surface area contributed by atoms with E-state index in [0.717, 1.165) is 59.8 Å². The molecule has 0 atom stereocenters. The fourth-order valence-electron chi connectivity index (χ4n) is 4.99. The molecule has 1 aliphatic carbocycles.